The molecule has 1 N–H and O–H groups in total. The number of carboxylic acid groups (broad SMARTS) is 1. The summed E-state index contributed by atoms with van der Waals surface area (Å²) < 4.78 is 24.1. The molecule has 2 bridgehead atoms. The van der Waals surface area contributed by atoms with Gasteiger partial charge in [-0.25, -0.2) is 8.42 Å². The van der Waals surface area contributed by atoms with E-state index in [2.05, 4.69) is 0 Å². The predicted octanol–water partition coefficient (Wildman–Crippen LogP) is 1.70. The third-order valence-electron chi connectivity index (χ3n) is 3.27. The second kappa shape index (κ2) is 4.85. The lowest BCUT2D eigenvalue weighted by atomic mass is 10.1. The lowest BCUT2D eigenvalue weighted by Crippen LogP contribution is -2.34. The number of hydrogen-bond donors (Lipinski definition) is 1. The molecular weight excluding hydrogens is 266 g/mol. The number of carbonyl (C=O) groups is 1. The molecule has 0 fully saturated rings. The third kappa shape index (κ3) is 2.10. The maximum absolute atomic E-state index is 12.1. The molecular formula is C13H17NO4S. The molecule has 1 aromatic carbocycles. The van der Waals surface area contributed by atoms with Crippen LogP contribution in [0.25, 0.3) is 0 Å². The van der Waals surface area contributed by atoms with Gasteiger partial charge in [-0.05, 0) is 30.5 Å². The van der Waals surface area contributed by atoms with Gasteiger partial charge in [0.05, 0.1) is 15.5 Å². The van der Waals surface area contributed by atoms with Crippen LogP contribution in [-0.4, -0.2) is 32.6 Å². The van der Waals surface area contributed by atoms with Crippen molar-refractivity contribution in [3.05, 3.63) is 17.7 Å². The maximum atomic E-state index is 12.1. The summed E-state index contributed by atoms with van der Waals surface area (Å²) in [4.78, 5) is 13.2. The molecule has 0 amide bonds. The Balaban J connectivity index is 2.49. The minimum absolute atomic E-state index is 0.182. The first kappa shape index (κ1) is 13.9. The van der Waals surface area contributed by atoms with Crippen LogP contribution in [0.2, 0.25) is 0 Å². The van der Waals surface area contributed by atoms with Crippen molar-refractivity contribution in [2.24, 2.45) is 0 Å². The summed E-state index contributed by atoms with van der Waals surface area (Å²) >= 11 is 0. The van der Waals surface area contributed by atoms with Gasteiger partial charge in [0.25, 0.3) is 0 Å². The number of aryl methyl sites for hydroxylation is 1. The van der Waals surface area contributed by atoms with E-state index in [0.29, 0.717) is 28.4 Å². The molecule has 0 aromatic heterocycles. The van der Waals surface area contributed by atoms with Gasteiger partial charge in [-0.1, -0.05) is 13.8 Å². The van der Waals surface area contributed by atoms with Crippen molar-refractivity contribution in [3.63, 3.8) is 0 Å². The van der Waals surface area contributed by atoms with E-state index in [0.717, 1.165) is 12.0 Å². The standard InChI is InChI=1S/C13H17NO4S/c1-3-7-14(8-12(15)16)10-5-6-11-9(4-2)13(10)19(11,17)18/h5-6H,3-4,7-8H2,1-2H3,(H,15,16). The van der Waals surface area contributed by atoms with E-state index in [9.17, 15) is 13.2 Å². The number of benzene rings is 1. The highest BCUT2D eigenvalue weighted by Crippen LogP contribution is 2.45. The molecule has 0 atom stereocenters. The molecule has 5 nitrogen and oxygen atoms in total. The Hall–Kier alpha value is -1.56. The second-order valence-corrected chi connectivity index (χ2v) is 6.42. The predicted molar refractivity (Wildman–Crippen MR) is 71.4 cm³/mol. The Labute approximate surface area is 112 Å². The third-order valence-corrected chi connectivity index (χ3v) is 5.22. The molecule has 19 heavy (non-hydrogen) atoms. The fourth-order valence-electron chi connectivity index (χ4n) is 2.51. The fourth-order valence-corrected chi connectivity index (χ4v) is 4.45. The second-order valence-electron chi connectivity index (χ2n) is 4.56. The average molecular weight is 283 g/mol. The zero-order valence-electron chi connectivity index (χ0n) is 11.0. The number of aliphatic carboxylic acids is 1. The first-order valence-electron chi connectivity index (χ1n) is 6.31. The Bertz CT molecular complexity index is 622. The van der Waals surface area contributed by atoms with Gasteiger partial charge in [0, 0.05) is 6.54 Å². The summed E-state index contributed by atoms with van der Waals surface area (Å²) in [6.45, 7) is 4.18. The van der Waals surface area contributed by atoms with Gasteiger partial charge in [-0.3, -0.25) is 4.79 Å². The zero-order chi connectivity index (χ0) is 14.2. The van der Waals surface area contributed by atoms with Gasteiger partial charge in [-0.15, -0.1) is 0 Å². The fraction of sp³-hybridized carbons (Fsp3) is 0.462. The molecule has 2 aliphatic heterocycles. The first-order valence-corrected chi connectivity index (χ1v) is 7.79. The van der Waals surface area contributed by atoms with Crippen LogP contribution in [0, 0.1) is 0 Å². The Morgan fingerprint density at radius 3 is 2.47 bits per heavy atom. The van der Waals surface area contributed by atoms with E-state index in [1.807, 2.05) is 13.8 Å². The van der Waals surface area contributed by atoms with Gasteiger partial charge >= 0.3 is 5.97 Å². The molecule has 104 valence electrons. The number of nitrogens with zero attached hydrogens (tertiary/aromatic N) is 1. The van der Waals surface area contributed by atoms with Crippen LogP contribution in [0.3, 0.4) is 0 Å². The summed E-state index contributed by atoms with van der Waals surface area (Å²) in [5, 5.41) is 8.94. The van der Waals surface area contributed by atoms with E-state index in [4.69, 9.17) is 5.11 Å². The van der Waals surface area contributed by atoms with Crippen LogP contribution in [0.4, 0.5) is 5.69 Å². The molecule has 0 unspecified atom stereocenters. The SMILES string of the molecule is CCCN(CC(=O)O)c1ccc2c(CC)c1S2(=O)=O. The Morgan fingerprint density at radius 2 is 2.00 bits per heavy atom. The maximum Gasteiger partial charge on any atom is 0.323 e. The van der Waals surface area contributed by atoms with E-state index in [1.54, 1.807) is 17.0 Å². The number of fused-ring (bicyclic) bond motifs is 2. The van der Waals surface area contributed by atoms with Gasteiger partial charge in [0.1, 0.15) is 6.54 Å². The highest BCUT2D eigenvalue weighted by Gasteiger charge is 2.39. The van der Waals surface area contributed by atoms with E-state index < -0.39 is 15.8 Å². The minimum atomic E-state index is -3.34. The lowest BCUT2D eigenvalue weighted by Gasteiger charge is -2.32. The molecule has 2 aliphatic rings. The molecule has 0 spiro atoms. The monoisotopic (exact) mass is 283 g/mol. The van der Waals surface area contributed by atoms with Gasteiger partial charge < -0.3 is 10.0 Å². The van der Waals surface area contributed by atoms with Gasteiger partial charge in [-0.2, -0.15) is 0 Å². The van der Waals surface area contributed by atoms with E-state index in [-0.39, 0.29) is 6.54 Å². The number of rotatable bonds is 6. The molecule has 0 radical (unpaired) electrons. The normalized spacial score (nSPS) is 14.8. The lowest BCUT2D eigenvalue weighted by molar-refractivity contribution is -0.135. The van der Waals surface area contributed by atoms with Crippen LogP contribution >= 0.6 is 0 Å². The molecule has 6 heteroatoms. The Kier molecular flexibility index (Phi) is 3.54. The smallest absolute Gasteiger partial charge is 0.323 e. The molecule has 2 heterocycles. The molecule has 3 rings (SSSR count). The topological polar surface area (TPSA) is 74.7 Å². The highest BCUT2D eigenvalue weighted by molar-refractivity contribution is 7.93. The van der Waals surface area contributed by atoms with Gasteiger partial charge in [0.2, 0.25) is 9.84 Å². The van der Waals surface area contributed by atoms with Crippen molar-refractivity contribution >= 4 is 21.5 Å². The van der Waals surface area contributed by atoms with Crippen molar-refractivity contribution in [3.8, 4) is 0 Å². The number of hydrogen-bond acceptors (Lipinski definition) is 4. The van der Waals surface area contributed by atoms with Crippen molar-refractivity contribution in [1.29, 1.82) is 0 Å². The number of anilines is 1. The summed E-state index contributed by atoms with van der Waals surface area (Å²) in [6, 6.07) is 3.30. The summed E-state index contributed by atoms with van der Waals surface area (Å²) in [7, 11) is -3.34. The summed E-state index contributed by atoms with van der Waals surface area (Å²) in [5.74, 6) is -0.959. The van der Waals surface area contributed by atoms with Crippen LogP contribution in [0.15, 0.2) is 21.9 Å². The van der Waals surface area contributed by atoms with E-state index >= 15 is 0 Å². The first-order chi connectivity index (χ1) is 8.93. The average Bonchev–Trinajstić information content (AvgIpc) is 2.35. The van der Waals surface area contributed by atoms with Crippen LogP contribution in [0.1, 0.15) is 25.8 Å². The quantitative estimate of drug-likeness (QED) is 0.873. The van der Waals surface area contributed by atoms with Gasteiger partial charge in [0.15, 0.2) is 0 Å². The van der Waals surface area contributed by atoms with Crippen molar-refractivity contribution in [1.82, 2.24) is 0 Å². The van der Waals surface area contributed by atoms with Crippen LogP contribution in [-0.2, 0) is 21.1 Å². The largest absolute Gasteiger partial charge is 0.480 e. The van der Waals surface area contributed by atoms with Crippen molar-refractivity contribution in [2.45, 2.75) is 36.5 Å². The Morgan fingerprint density at radius 1 is 1.32 bits per heavy atom. The molecule has 0 saturated heterocycles. The number of carboxylic acids is 1. The highest BCUT2D eigenvalue weighted by atomic mass is 32.2. The molecule has 0 aliphatic carbocycles. The summed E-state index contributed by atoms with van der Waals surface area (Å²) in [5.41, 5.74) is 1.35. The summed E-state index contributed by atoms with van der Waals surface area (Å²) in [6.07, 6.45) is 1.40. The van der Waals surface area contributed by atoms with Crippen molar-refractivity contribution in [2.75, 3.05) is 18.0 Å². The van der Waals surface area contributed by atoms with Crippen LogP contribution < -0.4 is 4.90 Å². The minimum Gasteiger partial charge on any atom is -0.480 e. The van der Waals surface area contributed by atoms with E-state index in [1.165, 1.54) is 0 Å². The van der Waals surface area contributed by atoms with Crippen molar-refractivity contribution < 1.29 is 18.3 Å². The van der Waals surface area contributed by atoms with Crippen LogP contribution in [0.5, 0.6) is 0 Å². The molecule has 0 saturated carbocycles. The number of sulfone groups is 1. The zero-order valence-corrected chi connectivity index (χ0v) is 11.8. The molecule has 1 aromatic rings.